The van der Waals surface area contributed by atoms with Crippen LogP contribution in [0.5, 0.6) is 0 Å². The fraction of sp³-hybridized carbons (Fsp3) is 0.333. The number of hydrogen-bond acceptors (Lipinski definition) is 7. The summed E-state index contributed by atoms with van der Waals surface area (Å²) in [5.74, 6) is 1.23. The van der Waals surface area contributed by atoms with Gasteiger partial charge < -0.3 is 10.6 Å². The highest BCUT2D eigenvalue weighted by Gasteiger charge is 2.21. The molecule has 4 aromatic rings. The highest BCUT2D eigenvalue weighted by molar-refractivity contribution is 7.10. The molecule has 0 radical (unpaired) electrons. The van der Waals surface area contributed by atoms with Crippen LogP contribution >= 0.6 is 11.5 Å². The molecule has 4 aromatic heterocycles. The maximum atomic E-state index is 4.60. The van der Waals surface area contributed by atoms with Gasteiger partial charge in [0, 0.05) is 55.4 Å². The summed E-state index contributed by atoms with van der Waals surface area (Å²) in [5.41, 5.74) is 4.06. The van der Waals surface area contributed by atoms with Crippen LogP contribution in [-0.2, 0) is 7.05 Å². The van der Waals surface area contributed by atoms with Crippen LogP contribution in [0.1, 0.15) is 24.3 Å². The SMILES string of the molecule is Cn1cc(-c2cnc3c(Nc4sncc4C4CCCNC4)nccn23)cn1. The van der Waals surface area contributed by atoms with Crippen molar-refractivity contribution in [3.05, 3.63) is 42.7 Å². The summed E-state index contributed by atoms with van der Waals surface area (Å²) < 4.78 is 8.24. The molecule has 1 saturated heterocycles. The predicted molar refractivity (Wildman–Crippen MR) is 105 cm³/mol. The molecule has 0 amide bonds. The molecule has 1 fully saturated rings. The molecule has 0 bridgehead atoms. The zero-order chi connectivity index (χ0) is 18.2. The number of piperidine rings is 1. The lowest BCUT2D eigenvalue weighted by Crippen LogP contribution is -2.28. The monoisotopic (exact) mass is 380 g/mol. The van der Waals surface area contributed by atoms with E-state index >= 15 is 0 Å². The van der Waals surface area contributed by atoms with Crippen LogP contribution in [0.15, 0.2) is 37.2 Å². The summed E-state index contributed by atoms with van der Waals surface area (Å²) in [4.78, 5) is 9.13. The van der Waals surface area contributed by atoms with Crippen LogP contribution < -0.4 is 10.6 Å². The Labute approximate surface area is 160 Å². The summed E-state index contributed by atoms with van der Waals surface area (Å²) in [5, 5.41) is 12.3. The second-order valence-electron chi connectivity index (χ2n) is 6.79. The van der Waals surface area contributed by atoms with Gasteiger partial charge in [-0.3, -0.25) is 9.08 Å². The van der Waals surface area contributed by atoms with Crippen LogP contribution in [-0.4, -0.2) is 41.6 Å². The molecule has 1 unspecified atom stereocenters. The van der Waals surface area contributed by atoms with Gasteiger partial charge in [-0.05, 0) is 30.9 Å². The Hall–Kier alpha value is -2.78. The number of nitrogens with zero attached hydrogens (tertiary/aromatic N) is 6. The largest absolute Gasteiger partial charge is 0.327 e. The summed E-state index contributed by atoms with van der Waals surface area (Å²) >= 11 is 1.47. The number of imidazole rings is 1. The fourth-order valence-electron chi connectivity index (χ4n) is 3.63. The molecule has 0 saturated carbocycles. The average Bonchev–Trinajstić information content (AvgIpc) is 3.42. The maximum absolute atomic E-state index is 4.60. The summed E-state index contributed by atoms with van der Waals surface area (Å²) in [6, 6.07) is 0. The van der Waals surface area contributed by atoms with Crippen molar-refractivity contribution < 1.29 is 0 Å². The predicted octanol–water partition coefficient (Wildman–Crippen LogP) is 2.80. The van der Waals surface area contributed by atoms with Gasteiger partial charge in [-0.1, -0.05) is 0 Å². The van der Waals surface area contributed by atoms with E-state index in [1.807, 2.05) is 42.4 Å². The Morgan fingerprint density at radius 1 is 1.26 bits per heavy atom. The second-order valence-corrected chi connectivity index (χ2v) is 7.60. The minimum Gasteiger partial charge on any atom is -0.327 e. The van der Waals surface area contributed by atoms with Gasteiger partial charge in [0.1, 0.15) is 5.00 Å². The van der Waals surface area contributed by atoms with E-state index in [0.717, 1.165) is 40.8 Å². The maximum Gasteiger partial charge on any atom is 0.180 e. The molecule has 0 spiro atoms. The molecule has 5 heterocycles. The van der Waals surface area contributed by atoms with Crippen LogP contribution in [0.25, 0.3) is 16.9 Å². The number of aromatic nitrogens is 6. The van der Waals surface area contributed by atoms with Crippen LogP contribution in [0.2, 0.25) is 0 Å². The molecule has 1 atom stereocenters. The van der Waals surface area contributed by atoms with E-state index in [1.54, 1.807) is 10.9 Å². The minimum absolute atomic E-state index is 0.491. The number of nitrogens with one attached hydrogen (secondary N) is 2. The molecule has 27 heavy (non-hydrogen) atoms. The van der Waals surface area contributed by atoms with Crippen molar-refractivity contribution in [3.8, 4) is 11.3 Å². The third-order valence-corrected chi connectivity index (χ3v) is 5.73. The van der Waals surface area contributed by atoms with Crippen molar-refractivity contribution in [2.45, 2.75) is 18.8 Å². The van der Waals surface area contributed by atoms with Crippen LogP contribution in [0, 0.1) is 0 Å². The van der Waals surface area contributed by atoms with Gasteiger partial charge in [0.2, 0.25) is 0 Å². The van der Waals surface area contributed by atoms with Crippen molar-refractivity contribution in [3.63, 3.8) is 0 Å². The number of hydrogen-bond donors (Lipinski definition) is 2. The third-order valence-electron chi connectivity index (χ3n) is 5.00. The standard InChI is InChI=1S/C18H20N8S/c1-25-11-13(8-22-25)15-10-21-17-16(20-5-6-26(15)17)24-18-14(9-23-27-18)12-3-2-4-19-7-12/h5-6,8-12,19H,2-4,7H2,1H3,(H,20,24). The first-order chi connectivity index (χ1) is 13.3. The van der Waals surface area contributed by atoms with E-state index in [9.17, 15) is 0 Å². The van der Waals surface area contributed by atoms with E-state index < -0.39 is 0 Å². The van der Waals surface area contributed by atoms with Gasteiger partial charge in [0.25, 0.3) is 0 Å². The Bertz CT molecular complexity index is 1070. The number of aryl methyl sites for hydroxylation is 1. The number of fused-ring (bicyclic) bond motifs is 1. The quantitative estimate of drug-likeness (QED) is 0.566. The molecular formula is C18H20N8S. The molecule has 9 heteroatoms. The molecule has 0 aliphatic carbocycles. The number of rotatable bonds is 4. The molecule has 5 rings (SSSR count). The molecule has 8 nitrogen and oxygen atoms in total. The smallest absolute Gasteiger partial charge is 0.180 e. The molecular weight excluding hydrogens is 360 g/mol. The molecule has 138 valence electrons. The van der Waals surface area contributed by atoms with Gasteiger partial charge in [-0.15, -0.1) is 0 Å². The minimum atomic E-state index is 0.491. The fourth-order valence-corrected chi connectivity index (χ4v) is 4.37. The Kier molecular flexibility index (Phi) is 4.10. The Morgan fingerprint density at radius 3 is 3.04 bits per heavy atom. The van der Waals surface area contributed by atoms with Gasteiger partial charge >= 0.3 is 0 Å². The van der Waals surface area contributed by atoms with E-state index in [4.69, 9.17) is 0 Å². The molecule has 1 aliphatic rings. The lowest BCUT2D eigenvalue weighted by molar-refractivity contribution is 0.462. The lowest BCUT2D eigenvalue weighted by Gasteiger charge is -2.22. The Morgan fingerprint density at radius 2 is 2.22 bits per heavy atom. The zero-order valence-corrected chi connectivity index (χ0v) is 15.8. The lowest BCUT2D eigenvalue weighted by atomic mass is 9.94. The molecule has 2 N–H and O–H groups in total. The van der Waals surface area contributed by atoms with Crippen molar-refractivity contribution in [1.82, 2.24) is 33.8 Å². The van der Waals surface area contributed by atoms with E-state index in [1.165, 1.54) is 29.9 Å². The second kappa shape index (κ2) is 6.75. The van der Waals surface area contributed by atoms with Gasteiger partial charge in [-0.25, -0.2) is 9.97 Å². The Balaban J connectivity index is 1.50. The normalized spacial score (nSPS) is 17.4. The summed E-state index contributed by atoms with van der Waals surface area (Å²) in [6.07, 6.45) is 13.8. The first-order valence-corrected chi connectivity index (χ1v) is 9.80. The summed E-state index contributed by atoms with van der Waals surface area (Å²) in [6.45, 7) is 2.10. The highest BCUT2D eigenvalue weighted by atomic mass is 32.1. The first kappa shape index (κ1) is 16.4. The van der Waals surface area contributed by atoms with Gasteiger partial charge in [0.15, 0.2) is 11.5 Å². The van der Waals surface area contributed by atoms with Crippen molar-refractivity contribution >= 4 is 28.0 Å². The van der Waals surface area contributed by atoms with Gasteiger partial charge in [0.05, 0.1) is 18.1 Å². The van der Waals surface area contributed by atoms with E-state index in [-0.39, 0.29) is 0 Å². The molecule has 0 aromatic carbocycles. The van der Waals surface area contributed by atoms with Crippen molar-refractivity contribution in [2.24, 2.45) is 7.05 Å². The van der Waals surface area contributed by atoms with Crippen molar-refractivity contribution in [1.29, 1.82) is 0 Å². The van der Waals surface area contributed by atoms with E-state index in [2.05, 4.69) is 30.1 Å². The van der Waals surface area contributed by atoms with E-state index in [0.29, 0.717) is 5.92 Å². The number of anilines is 2. The summed E-state index contributed by atoms with van der Waals surface area (Å²) in [7, 11) is 1.91. The highest BCUT2D eigenvalue weighted by Crippen LogP contribution is 2.34. The van der Waals surface area contributed by atoms with Gasteiger partial charge in [-0.2, -0.15) is 9.47 Å². The van der Waals surface area contributed by atoms with Crippen molar-refractivity contribution in [2.75, 3.05) is 18.4 Å². The molecule has 1 aliphatic heterocycles. The van der Waals surface area contributed by atoms with Crippen LogP contribution in [0.3, 0.4) is 0 Å². The zero-order valence-electron chi connectivity index (χ0n) is 15.0. The van der Waals surface area contributed by atoms with Crippen LogP contribution in [0.4, 0.5) is 10.8 Å². The first-order valence-electron chi connectivity index (χ1n) is 9.03. The topological polar surface area (TPSA) is 85.0 Å². The average molecular weight is 380 g/mol. The third kappa shape index (κ3) is 2.98.